The van der Waals surface area contributed by atoms with Crippen LogP contribution in [0.15, 0.2) is 28.7 Å². The Labute approximate surface area is 300 Å². The van der Waals surface area contributed by atoms with E-state index in [9.17, 15) is 23.6 Å². The number of likely N-dealkylation sites (tertiary alicyclic amines) is 1. The molecule has 0 radical (unpaired) electrons. The van der Waals surface area contributed by atoms with Crippen molar-refractivity contribution in [2.75, 3.05) is 32.3 Å². The fourth-order valence-corrected chi connectivity index (χ4v) is 8.14. The van der Waals surface area contributed by atoms with Gasteiger partial charge in [-0.2, -0.15) is 0 Å². The molecule has 2 saturated carbocycles. The minimum Gasteiger partial charge on any atom is -0.460 e. The van der Waals surface area contributed by atoms with Gasteiger partial charge in [0.1, 0.15) is 23.9 Å². The molecule has 3 amide bonds. The lowest BCUT2D eigenvalue weighted by molar-refractivity contribution is -0.142. The Kier molecular flexibility index (Phi) is 12.7. The smallest absolute Gasteiger partial charge is 0.407 e. The van der Waals surface area contributed by atoms with Crippen molar-refractivity contribution < 1.29 is 42.2 Å². The van der Waals surface area contributed by atoms with E-state index in [0.29, 0.717) is 54.8 Å². The zero-order valence-corrected chi connectivity index (χ0v) is 31.0. The first kappa shape index (κ1) is 38.6. The summed E-state index contributed by atoms with van der Waals surface area (Å²) in [6.07, 6.45) is 6.35. The fraction of sp³-hybridized carbons (Fsp3) is 0.692. The van der Waals surface area contributed by atoms with Crippen molar-refractivity contribution in [2.24, 2.45) is 29.6 Å². The van der Waals surface area contributed by atoms with Crippen molar-refractivity contribution in [1.82, 2.24) is 10.2 Å². The van der Waals surface area contributed by atoms with Gasteiger partial charge in [-0.05, 0) is 126 Å². The van der Waals surface area contributed by atoms with Crippen molar-refractivity contribution in [3.63, 3.8) is 0 Å². The molecule has 2 N–H and O–H groups in total. The predicted octanol–water partition coefficient (Wildman–Crippen LogP) is 7.28. The maximum absolute atomic E-state index is 14.2. The second kappa shape index (κ2) is 16.8. The largest absolute Gasteiger partial charge is 0.460 e. The number of benzene rings is 1. The van der Waals surface area contributed by atoms with Crippen molar-refractivity contribution in [2.45, 2.75) is 116 Å². The van der Waals surface area contributed by atoms with Crippen molar-refractivity contribution in [1.29, 1.82) is 0 Å². The Morgan fingerprint density at radius 1 is 0.980 bits per heavy atom. The lowest BCUT2D eigenvalue weighted by Gasteiger charge is -2.38. The molecule has 1 aliphatic heterocycles. The number of fused-ring (bicyclic) bond motifs is 1. The molecule has 282 valence electrons. The number of ether oxygens (including phenoxy) is 3. The number of esters is 1. The fourth-order valence-electron chi connectivity index (χ4n) is 8.14. The van der Waals surface area contributed by atoms with Crippen molar-refractivity contribution in [3.8, 4) is 0 Å². The molecule has 0 bridgehead atoms. The van der Waals surface area contributed by atoms with Gasteiger partial charge in [0, 0.05) is 30.6 Å². The third-order valence-electron chi connectivity index (χ3n) is 10.7. The van der Waals surface area contributed by atoms with Gasteiger partial charge in [0.05, 0.1) is 18.8 Å². The number of rotatable bonds is 11. The average Bonchev–Trinajstić information content (AvgIpc) is 3.74. The Hall–Kier alpha value is -3.67. The topological polar surface area (TPSA) is 136 Å². The summed E-state index contributed by atoms with van der Waals surface area (Å²) in [6, 6.07) is 5.52. The van der Waals surface area contributed by atoms with Crippen LogP contribution in [0.4, 0.5) is 14.9 Å². The monoisotopic (exact) mass is 713 g/mol. The van der Waals surface area contributed by atoms with Crippen LogP contribution >= 0.6 is 0 Å². The predicted molar refractivity (Wildman–Crippen MR) is 191 cm³/mol. The number of alkyl halides is 1. The van der Waals surface area contributed by atoms with E-state index in [1.807, 2.05) is 13.8 Å². The summed E-state index contributed by atoms with van der Waals surface area (Å²) in [4.78, 5) is 55.1. The van der Waals surface area contributed by atoms with Crippen LogP contribution in [0.3, 0.4) is 0 Å². The van der Waals surface area contributed by atoms with E-state index in [1.165, 1.54) is 0 Å². The van der Waals surface area contributed by atoms with Crippen LogP contribution in [-0.2, 0) is 23.8 Å². The molecule has 3 atom stereocenters. The third-order valence-corrected chi connectivity index (χ3v) is 10.7. The van der Waals surface area contributed by atoms with Crippen LogP contribution in [-0.4, -0.2) is 79.5 Å². The quantitative estimate of drug-likeness (QED) is 0.232. The maximum atomic E-state index is 14.2. The van der Waals surface area contributed by atoms with E-state index >= 15 is 0 Å². The molecule has 12 heteroatoms. The molecule has 2 aromatic rings. The molecule has 2 heterocycles. The van der Waals surface area contributed by atoms with Gasteiger partial charge in [-0.1, -0.05) is 13.8 Å². The van der Waals surface area contributed by atoms with Crippen LogP contribution in [0.25, 0.3) is 11.0 Å². The molecular formula is C39H56FN3O8. The standard InChI is InChI=1S/C39H56FN3O8/c1-23(2)22-49-37(46)33-20-27-19-28(13-16-32(27)50-33)41-35(44)34-30(24-11-14-29(48-6)15-12-24)17-18-43(34)36(45)26-9-7-25(8-10-26)31(21-40)42-38(47)51-39(3,4)5/h13,16,19-20,23-26,29-31,34H,7-12,14-15,17-18,21-22H2,1-6H3,(H,41,44)(H,42,47)/t24?,25?,26?,29?,30-,31+,34-/m0/s1. The zero-order chi connectivity index (χ0) is 36.9. The highest BCUT2D eigenvalue weighted by Gasteiger charge is 2.47. The van der Waals surface area contributed by atoms with Crippen LogP contribution in [0.1, 0.15) is 103 Å². The van der Waals surface area contributed by atoms with Gasteiger partial charge in [-0.15, -0.1) is 0 Å². The second-order valence-electron chi connectivity index (χ2n) is 16.1. The lowest BCUT2D eigenvalue weighted by Crippen LogP contribution is -2.50. The number of alkyl carbamates (subject to hydrolysis) is 1. The van der Waals surface area contributed by atoms with Crippen LogP contribution in [0.5, 0.6) is 0 Å². The number of carbonyl (C=O) groups is 4. The summed E-state index contributed by atoms with van der Waals surface area (Å²) >= 11 is 0. The Morgan fingerprint density at radius 2 is 1.69 bits per heavy atom. The van der Waals surface area contributed by atoms with E-state index in [0.717, 1.165) is 32.1 Å². The van der Waals surface area contributed by atoms with Gasteiger partial charge in [0.15, 0.2) is 0 Å². The van der Waals surface area contributed by atoms with Gasteiger partial charge in [-0.25, -0.2) is 14.0 Å². The van der Waals surface area contributed by atoms with Crippen LogP contribution in [0.2, 0.25) is 0 Å². The molecule has 5 rings (SSSR count). The van der Waals surface area contributed by atoms with Gasteiger partial charge in [0.25, 0.3) is 0 Å². The van der Waals surface area contributed by atoms with E-state index in [-0.39, 0.29) is 54.0 Å². The number of hydrogen-bond donors (Lipinski definition) is 2. The maximum Gasteiger partial charge on any atom is 0.407 e. The molecule has 0 unspecified atom stereocenters. The number of methoxy groups -OCH3 is 1. The number of hydrogen-bond acceptors (Lipinski definition) is 8. The third kappa shape index (κ3) is 9.81. The first-order valence-corrected chi connectivity index (χ1v) is 18.7. The molecule has 1 aromatic heterocycles. The summed E-state index contributed by atoms with van der Waals surface area (Å²) < 4.78 is 36.1. The molecule has 3 aliphatic rings. The zero-order valence-electron chi connectivity index (χ0n) is 31.0. The molecule has 3 fully saturated rings. The number of nitrogens with zero attached hydrogens (tertiary/aromatic N) is 1. The first-order valence-electron chi connectivity index (χ1n) is 18.7. The minimum absolute atomic E-state index is 0.0111. The number of anilines is 1. The Bertz CT molecular complexity index is 1520. The summed E-state index contributed by atoms with van der Waals surface area (Å²) in [5, 5.41) is 6.43. The van der Waals surface area contributed by atoms with E-state index in [2.05, 4.69) is 10.6 Å². The molecule has 1 aromatic carbocycles. The second-order valence-corrected chi connectivity index (χ2v) is 16.1. The van der Waals surface area contributed by atoms with Crippen molar-refractivity contribution >= 4 is 40.5 Å². The first-order chi connectivity index (χ1) is 24.3. The number of halogens is 1. The van der Waals surface area contributed by atoms with E-state index < -0.39 is 36.4 Å². The minimum atomic E-state index is -0.710. The Morgan fingerprint density at radius 3 is 2.31 bits per heavy atom. The Balaban J connectivity index is 1.28. The summed E-state index contributed by atoms with van der Waals surface area (Å²) in [5.74, 6) is -0.594. The van der Waals surface area contributed by atoms with Gasteiger partial charge >= 0.3 is 12.1 Å². The molecule has 51 heavy (non-hydrogen) atoms. The molecule has 2 aliphatic carbocycles. The summed E-state index contributed by atoms with van der Waals surface area (Å²) in [7, 11) is 1.74. The molecule has 0 spiro atoms. The van der Waals surface area contributed by atoms with Gasteiger partial charge < -0.3 is 34.2 Å². The highest BCUT2D eigenvalue weighted by molar-refractivity contribution is 6.00. The lowest BCUT2D eigenvalue weighted by atomic mass is 9.75. The number of nitrogens with one attached hydrogen (secondary N) is 2. The number of carbonyl (C=O) groups excluding carboxylic acids is 4. The van der Waals surface area contributed by atoms with Crippen LogP contribution < -0.4 is 10.6 Å². The highest BCUT2D eigenvalue weighted by atomic mass is 19.1. The summed E-state index contributed by atoms with van der Waals surface area (Å²) in [6.45, 7) is 9.27. The van der Waals surface area contributed by atoms with Crippen LogP contribution in [0, 0.1) is 29.6 Å². The number of furan rings is 1. The van der Waals surface area contributed by atoms with Gasteiger partial charge in [0.2, 0.25) is 17.6 Å². The van der Waals surface area contributed by atoms with Crippen molar-refractivity contribution in [3.05, 3.63) is 30.0 Å². The molecular weight excluding hydrogens is 657 g/mol. The van der Waals surface area contributed by atoms with Gasteiger partial charge in [-0.3, -0.25) is 9.59 Å². The molecule has 11 nitrogen and oxygen atoms in total. The average molecular weight is 714 g/mol. The van der Waals surface area contributed by atoms with E-state index in [1.54, 1.807) is 57.0 Å². The number of amides is 3. The normalized spacial score (nSPS) is 26.2. The molecule has 1 saturated heterocycles. The van der Waals surface area contributed by atoms with E-state index in [4.69, 9.17) is 18.6 Å². The highest BCUT2D eigenvalue weighted by Crippen LogP contribution is 2.42. The summed E-state index contributed by atoms with van der Waals surface area (Å²) in [5.41, 5.74) is 0.362. The SMILES string of the molecule is COC1CCC([C@@H]2CCN(C(=O)C3CCC([C@@H](CF)NC(=O)OC(C)(C)C)CC3)[C@@H]2C(=O)Nc2ccc3oc(C(=O)OCC(C)C)cc3c2)CC1.